The van der Waals surface area contributed by atoms with Crippen molar-refractivity contribution >= 4 is 28.9 Å². The maximum atomic E-state index is 12.4. The Labute approximate surface area is 139 Å². The van der Waals surface area contributed by atoms with Crippen LogP contribution in [0.15, 0.2) is 36.4 Å². The summed E-state index contributed by atoms with van der Waals surface area (Å²) in [6, 6.07) is 7.78. The molecule has 2 rings (SSSR count). The Morgan fingerprint density at radius 1 is 1.13 bits per heavy atom. The predicted molar refractivity (Wildman–Crippen MR) is 80.5 cm³/mol. The number of alkyl halides is 2. The van der Waals surface area contributed by atoms with Crippen molar-refractivity contribution in [2.45, 2.75) is 13.2 Å². The topological polar surface area (TPSA) is 61.6 Å². The number of ether oxygens (including phenoxy) is 2. The lowest BCUT2D eigenvalue weighted by molar-refractivity contribution is -0.384. The van der Waals surface area contributed by atoms with Gasteiger partial charge in [0.2, 0.25) is 0 Å². The highest BCUT2D eigenvalue weighted by molar-refractivity contribution is 6.32. The maximum absolute atomic E-state index is 12.4. The average molecular weight is 364 g/mol. The van der Waals surface area contributed by atoms with Gasteiger partial charge in [0, 0.05) is 22.7 Å². The number of nitrogens with zero attached hydrogens (tertiary/aromatic N) is 1. The van der Waals surface area contributed by atoms with Gasteiger partial charge in [-0.05, 0) is 24.3 Å². The second-order valence-corrected chi connectivity index (χ2v) is 5.13. The van der Waals surface area contributed by atoms with E-state index in [0.717, 1.165) is 6.07 Å². The monoisotopic (exact) mass is 363 g/mol. The van der Waals surface area contributed by atoms with E-state index in [0.29, 0.717) is 5.02 Å². The second-order valence-electron chi connectivity index (χ2n) is 4.29. The highest BCUT2D eigenvalue weighted by Crippen LogP contribution is 2.31. The molecular weight excluding hydrogens is 355 g/mol. The van der Waals surface area contributed by atoms with E-state index in [1.807, 2.05) is 0 Å². The van der Waals surface area contributed by atoms with Crippen molar-refractivity contribution in [1.82, 2.24) is 0 Å². The molecule has 23 heavy (non-hydrogen) atoms. The summed E-state index contributed by atoms with van der Waals surface area (Å²) in [5.74, 6) is 0.0858. The van der Waals surface area contributed by atoms with Crippen LogP contribution in [0.4, 0.5) is 14.5 Å². The summed E-state index contributed by atoms with van der Waals surface area (Å²) in [4.78, 5) is 10.0. The third kappa shape index (κ3) is 4.67. The molecule has 0 radical (unpaired) electrons. The summed E-state index contributed by atoms with van der Waals surface area (Å²) >= 11 is 11.7. The minimum Gasteiger partial charge on any atom is -0.487 e. The van der Waals surface area contributed by atoms with Crippen LogP contribution < -0.4 is 9.47 Å². The fourth-order valence-electron chi connectivity index (χ4n) is 1.75. The first-order chi connectivity index (χ1) is 10.9. The standard InChI is InChI=1S/C14H9Cl2F2NO4/c15-9-1-3-12(23-14(17)18)8(5-9)7-22-13-4-2-10(19(20)21)6-11(13)16/h1-6,14H,7H2. The van der Waals surface area contributed by atoms with Gasteiger partial charge in [0.05, 0.1) is 9.95 Å². The number of nitro groups is 1. The van der Waals surface area contributed by atoms with Crippen LogP contribution in [0.1, 0.15) is 5.56 Å². The van der Waals surface area contributed by atoms with Gasteiger partial charge in [0.1, 0.15) is 18.1 Å². The van der Waals surface area contributed by atoms with Crippen molar-refractivity contribution < 1.29 is 23.2 Å². The van der Waals surface area contributed by atoms with Crippen LogP contribution in [0.3, 0.4) is 0 Å². The number of non-ortho nitro benzene ring substituents is 1. The van der Waals surface area contributed by atoms with Gasteiger partial charge < -0.3 is 9.47 Å². The van der Waals surface area contributed by atoms with Gasteiger partial charge in [0.15, 0.2) is 0 Å². The summed E-state index contributed by atoms with van der Waals surface area (Å²) in [7, 11) is 0. The first kappa shape index (κ1) is 17.2. The van der Waals surface area contributed by atoms with Gasteiger partial charge >= 0.3 is 6.61 Å². The molecule has 2 aromatic rings. The molecule has 0 N–H and O–H groups in total. The lowest BCUT2D eigenvalue weighted by atomic mass is 10.2. The van der Waals surface area contributed by atoms with Crippen LogP contribution in [0.2, 0.25) is 10.0 Å². The first-order valence-corrected chi connectivity index (χ1v) is 6.92. The lowest BCUT2D eigenvalue weighted by Gasteiger charge is -2.13. The summed E-state index contributed by atoms with van der Waals surface area (Å²) in [6.07, 6.45) is 0. The molecule has 0 atom stereocenters. The van der Waals surface area contributed by atoms with Crippen molar-refractivity contribution in [2.24, 2.45) is 0 Å². The molecular formula is C14H9Cl2F2NO4. The molecule has 0 saturated carbocycles. The number of benzene rings is 2. The molecule has 0 saturated heterocycles. The Bertz CT molecular complexity index is 728. The molecule has 0 bridgehead atoms. The number of rotatable bonds is 6. The fourth-order valence-corrected chi connectivity index (χ4v) is 2.17. The van der Waals surface area contributed by atoms with Crippen molar-refractivity contribution in [3.8, 4) is 11.5 Å². The van der Waals surface area contributed by atoms with E-state index in [1.165, 1.54) is 30.3 Å². The number of hydrogen-bond acceptors (Lipinski definition) is 4. The van der Waals surface area contributed by atoms with Gasteiger partial charge in [-0.15, -0.1) is 0 Å². The van der Waals surface area contributed by atoms with Crippen LogP contribution >= 0.6 is 23.2 Å². The average Bonchev–Trinajstić information content (AvgIpc) is 2.47. The molecule has 0 aliphatic rings. The first-order valence-electron chi connectivity index (χ1n) is 6.17. The zero-order valence-electron chi connectivity index (χ0n) is 11.3. The molecule has 0 aliphatic heterocycles. The Morgan fingerprint density at radius 2 is 1.83 bits per heavy atom. The smallest absolute Gasteiger partial charge is 0.387 e. The molecule has 0 heterocycles. The normalized spacial score (nSPS) is 10.7. The molecule has 122 valence electrons. The van der Waals surface area contributed by atoms with E-state index in [1.54, 1.807) is 0 Å². The third-order valence-corrected chi connectivity index (χ3v) is 3.28. The summed E-state index contributed by atoms with van der Waals surface area (Å²) in [5, 5.41) is 11.0. The van der Waals surface area contributed by atoms with Crippen LogP contribution in [0.25, 0.3) is 0 Å². The molecule has 0 aromatic heterocycles. The zero-order chi connectivity index (χ0) is 17.0. The minimum absolute atomic E-state index is 0.0255. The largest absolute Gasteiger partial charge is 0.487 e. The minimum atomic E-state index is -2.99. The quantitative estimate of drug-likeness (QED) is 0.530. The van der Waals surface area contributed by atoms with Crippen molar-refractivity contribution in [3.05, 3.63) is 62.1 Å². The SMILES string of the molecule is O=[N+]([O-])c1ccc(OCc2cc(Cl)ccc2OC(F)F)c(Cl)c1. The van der Waals surface area contributed by atoms with Crippen LogP contribution in [0, 0.1) is 10.1 Å². The number of halogens is 4. The van der Waals surface area contributed by atoms with E-state index in [9.17, 15) is 18.9 Å². The van der Waals surface area contributed by atoms with Gasteiger partial charge in [-0.2, -0.15) is 8.78 Å². The molecule has 2 aromatic carbocycles. The summed E-state index contributed by atoms with van der Waals surface area (Å²) < 4.78 is 34.5. The highest BCUT2D eigenvalue weighted by Gasteiger charge is 2.13. The van der Waals surface area contributed by atoms with Crippen LogP contribution in [-0.2, 0) is 6.61 Å². The number of hydrogen-bond donors (Lipinski definition) is 0. The Morgan fingerprint density at radius 3 is 2.43 bits per heavy atom. The molecule has 0 amide bonds. The Kier molecular flexibility index (Phi) is 5.57. The van der Waals surface area contributed by atoms with E-state index in [2.05, 4.69) is 4.74 Å². The molecule has 0 unspecified atom stereocenters. The fraction of sp³-hybridized carbons (Fsp3) is 0.143. The predicted octanol–water partition coefficient (Wildman–Crippen LogP) is 5.08. The van der Waals surface area contributed by atoms with Gasteiger partial charge in [-0.25, -0.2) is 0 Å². The maximum Gasteiger partial charge on any atom is 0.387 e. The Hall–Kier alpha value is -2.12. The van der Waals surface area contributed by atoms with E-state index < -0.39 is 11.5 Å². The zero-order valence-corrected chi connectivity index (χ0v) is 12.9. The molecule has 9 heteroatoms. The molecule has 0 spiro atoms. The van der Waals surface area contributed by atoms with E-state index in [4.69, 9.17) is 27.9 Å². The lowest BCUT2D eigenvalue weighted by Crippen LogP contribution is -2.06. The second kappa shape index (κ2) is 7.43. The van der Waals surface area contributed by atoms with Gasteiger partial charge in [-0.3, -0.25) is 10.1 Å². The van der Waals surface area contributed by atoms with E-state index >= 15 is 0 Å². The highest BCUT2D eigenvalue weighted by atomic mass is 35.5. The molecule has 0 aliphatic carbocycles. The van der Waals surface area contributed by atoms with E-state index in [-0.39, 0.29) is 34.4 Å². The molecule has 0 fully saturated rings. The van der Waals surface area contributed by atoms with Gasteiger partial charge in [0.25, 0.3) is 5.69 Å². The van der Waals surface area contributed by atoms with Crippen molar-refractivity contribution in [3.63, 3.8) is 0 Å². The summed E-state index contributed by atoms with van der Waals surface area (Å²) in [6.45, 7) is -3.14. The van der Waals surface area contributed by atoms with Crippen molar-refractivity contribution in [1.29, 1.82) is 0 Å². The number of nitro benzene ring substituents is 1. The van der Waals surface area contributed by atoms with Gasteiger partial charge in [-0.1, -0.05) is 23.2 Å². The third-order valence-electron chi connectivity index (χ3n) is 2.75. The summed E-state index contributed by atoms with van der Waals surface area (Å²) in [5.41, 5.74) is 0.0963. The Balaban J connectivity index is 2.17. The van der Waals surface area contributed by atoms with Crippen LogP contribution in [-0.4, -0.2) is 11.5 Å². The molecule has 5 nitrogen and oxygen atoms in total. The van der Waals surface area contributed by atoms with Crippen molar-refractivity contribution in [2.75, 3.05) is 0 Å². The van der Waals surface area contributed by atoms with Crippen LogP contribution in [0.5, 0.6) is 11.5 Å².